The van der Waals surface area contributed by atoms with Crippen LogP contribution in [0.4, 0.5) is 0 Å². The van der Waals surface area contributed by atoms with E-state index in [1.165, 1.54) is 0 Å². The molecule has 1 aliphatic rings. The number of aromatic nitrogens is 3. The number of benzene rings is 1. The van der Waals surface area contributed by atoms with Crippen molar-refractivity contribution in [1.82, 2.24) is 19.4 Å². The first kappa shape index (κ1) is 15.6. The van der Waals surface area contributed by atoms with Crippen molar-refractivity contribution >= 4 is 5.91 Å². The highest BCUT2D eigenvalue weighted by atomic mass is 16.2. The first-order valence-electron chi connectivity index (χ1n) is 8.63. The minimum absolute atomic E-state index is 0.0340. The molecule has 5 heteroatoms. The van der Waals surface area contributed by atoms with Gasteiger partial charge in [0.25, 0.3) is 5.91 Å². The smallest absolute Gasteiger partial charge is 0.291 e. The average molecular weight is 332 g/mol. The number of hydrogen-bond acceptors (Lipinski definition) is 3. The summed E-state index contributed by atoms with van der Waals surface area (Å²) in [5.41, 5.74) is 4.27. The van der Waals surface area contributed by atoms with Gasteiger partial charge in [-0.15, -0.1) is 0 Å². The molecular weight excluding hydrogens is 312 g/mol. The summed E-state index contributed by atoms with van der Waals surface area (Å²) in [5.74, 6) is 0.578. The second kappa shape index (κ2) is 6.51. The van der Waals surface area contributed by atoms with Crippen LogP contribution in [0.5, 0.6) is 0 Å². The zero-order valence-electron chi connectivity index (χ0n) is 14.2. The normalized spacial score (nSPS) is 13.3. The molecule has 0 saturated heterocycles. The van der Waals surface area contributed by atoms with E-state index in [0.717, 1.165) is 41.8 Å². The molecule has 0 saturated carbocycles. The van der Waals surface area contributed by atoms with Gasteiger partial charge in [-0.2, -0.15) is 0 Å². The van der Waals surface area contributed by atoms with E-state index in [4.69, 9.17) is 0 Å². The zero-order valence-corrected chi connectivity index (χ0v) is 14.2. The van der Waals surface area contributed by atoms with E-state index in [1.54, 1.807) is 12.4 Å². The highest BCUT2D eigenvalue weighted by Gasteiger charge is 2.30. The van der Waals surface area contributed by atoms with Crippen LogP contribution in [0.15, 0.2) is 55.0 Å². The summed E-state index contributed by atoms with van der Waals surface area (Å²) in [6, 6.07) is 12.3. The van der Waals surface area contributed by atoms with E-state index in [9.17, 15) is 4.79 Å². The Balaban J connectivity index is 1.61. The average Bonchev–Trinajstić information content (AvgIpc) is 3.21. The Morgan fingerprint density at radius 3 is 2.56 bits per heavy atom. The fraction of sp³-hybridized carbons (Fsp3) is 0.250. The fourth-order valence-corrected chi connectivity index (χ4v) is 3.18. The maximum Gasteiger partial charge on any atom is 0.291 e. The van der Waals surface area contributed by atoms with E-state index in [0.29, 0.717) is 12.5 Å². The molecule has 0 fully saturated rings. The van der Waals surface area contributed by atoms with Crippen LogP contribution in [0.2, 0.25) is 0 Å². The molecular formula is C20H20N4O. The van der Waals surface area contributed by atoms with Crippen molar-refractivity contribution < 1.29 is 4.79 Å². The summed E-state index contributed by atoms with van der Waals surface area (Å²) in [6.45, 7) is 3.51. The van der Waals surface area contributed by atoms with Gasteiger partial charge in [0.05, 0.1) is 18.6 Å². The van der Waals surface area contributed by atoms with Gasteiger partial charge in [-0.05, 0) is 29.2 Å². The number of fused-ring (bicyclic) bond motifs is 1. The predicted molar refractivity (Wildman–Crippen MR) is 96.8 cm³/mol. The molecule has 1 aromatic carbocycles. The molecule has 3 heterocycles. The standard InChI is InChI=1S/C20H20N4O/c1-2-3-11-23-14-24-18(13-22-19(24)20(23)25)16-8-6-15(7-9-16)17-5-4-10-21-12-17/h4-10,12-13H,2-3,11,14H2,1H3. The van der Waals surface area contributed by atoms with Gasteiger partial charge in [-0.3, -0.25) is 9.78 Å². The predicted octanol–water partition coefficient (Wildman–Crippen LogP) is 3.83. The number of hydrogen-bond donors (Lipinski definition) is 0. The van der Waals surface area contributed by atoms with Crippen LogP contribution < -0.4 is 0 Å². The number of rotatable bonds is 5. The van der Waals surface area contributed by atoms with Crippen molar-refractivity contribution in [2.45, 2.75) is 26.4 Å². The van der Waals surface area contributed by atoms with Gasteiger partial charge in [-0.25, -0.2) is 4.98 Å². The summed E-state index contributed by atoms with van der Waals surface area (Å²) in [6.07, 6.45) is 7.52. The van der Waals surface area contributed by atoms with Crippen LogP contribution >= 0.6 is 0 Å². The second-order valence-corrected chi connectivity index (χ2v) is 6.28. The van der Waals surface area contributed by atoms with Gasteiger partial charge in [0.1, 0.15) is 0 Å². The maximum atomic E-state index is 12.4. The third-order valence-corrected chi connectivity index (χ3v) is 4.60. The highest BCUT2D eigenvalue weighted by Crippen LogP contribution is 2.28. The first-order valence-corrected chi connectivity index (χ1v) is 8.63. The molecule has 126 valence electrons. The van der Waals surface area contributed by atoms with Crippen LogP contribution in [0.3, 0.4) is 0 Å². The number of amides is 1. The molecule has 0 unspecified atom stereocenters. The number of imidazole rings is 1. The van der Waals surface area contributed by atoms with Gasteiger partial charge in [0, 0.05) is 18.9 Å². The molecule has 3 aromatic rings. The molecule has 0 N–H and O–H groups in total. The van der Waals surface area contributed by atoms with Gasteiger partial charge in [0.2, 0.25) is 5.82 Å². The Labute approximate surface area is 147 Å². The van der Waals surface area contributed by atoms with Crippen molar-refractivity contribution in [3.8, 4) is 22.4 Å². The summed E-state index contributed by atoms with van der Waals surface area (Å²) in [4.78, 5) is 22.8. The quantitative estimate of drug-likeness (QED) is 0.713. The Bertz CT molecular complexity index is 884. The van der Waals surface area contributed by atoms with E-state index in [1.807, 2.05) is 27.8 Å². The molecule has 0 bridgehead atoms. The number of nitrogens with zero attached hydrogens (tertiary/aromatic N) is 4. The lowest BCUT2D eigenvalue weighted by Gasteiger charge is -2.15. The first-order chi connectivity index (χ1) is 12.3. The fourth-order valence-electron chi connectivity index (χ4n) is 3.18. The topological polar surface area (TPSA) is 51.0 Å². The van der Waals surface area contributed by atoms with Crippen molar-refractivity contribution in [3.63, 3.8) is 0 Å². The molecule has 2 aromatic heterocycles. The van der Waals surface area contributed by atoms with E-state index in [2.05, 4.69) is 41.2 Å². The number of pyridine rings is 1. The lowest BCUT2D eigenvalue weighted by molar-refractivity contribution is 0.0764. The van der Waals surface area contributed by atoms with Crippen LogP contribution in [-0.2, 0) is 6.67 Å². The second-order valence-electron chi connectivity index (χ2n) is 6.28. The van der Waals surface area contributed by atoms with Crippen molar-refractivity contribution in [3.05, 3.63) is 60.8 Å². The number of carbonyl (C=O) groups is 1. The summed E-state index contributed by atoms with van der Waals surface area (Å²) in [5, 5.41) is 0. The van der Waals surface area contributed by atoms with Crippen LogP contribution in [0.25, 0.3) is 22.4 Å². The maximum absolute atomic E-state index is 12.4. The Morgan fingerprint density at radius 2 is 1.84 bits per heavy atom. The van der Waals surface area contributed by atoms with E-state index < -0.39 is 0 Å². The summed E-state index contributed by atoms with van der Waals surface area (Å²) < 4.78 is 2.01. The molecule has 0 spiro atoms. The minimum atomic E-state index is 0.0340. The van der Waals surface area contributed by atoms with Crippen LogP contribution in [-0.4, -0.2) is 31.9 Å². The molecule has 25 heavy (non-hydrogen) atoms. The lowest BCUT2D eigenvalue weighted by atomic mass is 10.0. The largest absolute Gasteiger partial charge is 0.318 e. The molecule has 5 nitrogen and oxygen atoms in total. The molecule has 0 radical (unpaired) electrons. The van der Waals surface area contributed by atoms with Crippen molar-refractivity contribution in [2.75, 3.05) is 6.54 Å². The van der Waals surface area contributed by atoms with Crippen molar-refractivity contribution in [2.24, 2.45) is 0 Å². The summed E-state index contributed by atoms with van der Waals surface area (Å²) in [7, 11) is 0. The minimum Gasteiger partial charge on any atom is -0.318 e. The molecule has 0 aliphatic carbocycles. The molecule has 1 amide bonds. The molecule has 4 rings (SSSR count). The van der Waals surface area contributed by atoms with Gasteiger partial charge in [-0.1, -0.05) is 43.7 Å². The Morgan fingerprint density at radius 1 is 1.04 bits per heavy atom. The highest BCUT2D eigenvalue weighted by molar-refractivity contribution is 5.93. The van der Waals surface area contributed by atoms with Crippen molar-refractivity contribution in [1.29, 1.82) is 0 Å². The SMILES string of the molecule is CCCCN1Cn2c(-c3ccc(-c4cccnc4)cc3)cnc2C1=O. The third-order valence-electron chi connectivity index (χ3n) is 4.60. The zero-order chi connectivity index (χ0) is 17.2. The van der Waals surface area contributed by atoms with Gasteiger partial charge < -0.3 is 9.47 Å². The summed E-state index contributed by atoms with van der Waals surface area (Å²) >= 11 is 0. The molecule has 1 aliphatic heterocycles. The number of unbranched alkanes of at least 4 members (excludes halogenated alkanes) is 1. The van der Waals surface area contributed by atoms with E-state index >= 15 is 0 Å². The third kappa shape index (κ3) is 2.82. The lowest BCUT2D eigenvalue weighted by Crippen LogP contribution is -2.25. The van der Waals surface area contributed by atoms with Crippen LogP contribution in [0, 0.1) is 0 Å². The van der Waals surface area contributed by atoms with Gasteiger partial charge in [0.15, 0.2) is 0 Å². The Kier molecular flexibility index (Phi) is 4.06. The van der Waals surface area contributed by atoms with Gasteiger partial charge >= 0.3 is 0 Å². The van der Waals surface area contributed by atoms with E-state index in [-0.39, 0.29) is 5.91 Å². The van der Waals surface area contributed by atoms with Crippen LogP contribution in [0.1, 0.15) is 30.4 Å². The Hall–Kier alpha value is -2.95. The number of carbonyl (C=O) groups excluding carboxylic acids is 1. The monoisotopic (exact) mass is 332 g/mol. The molecule has 0 atom stereocenters.